The molecule has 2 N–H and O–H groups in total. The molecule has 27 heavy (non-hydrogen) atoms. The van der Waals surface area contributed by atoms with Crippen LogP contribution in [0.15, 0.2) is 36.4 Å². The van der Waals surface area contributed by atoms with Gasteiger partial charge in [-0.15, -0.1) is 5.10 Å². The summed E-state index contributed by atoms with van der Waals surface area (Å²) in [5.74, 6) is -0.290. The molecule has 2 aromatic carbocycles. The third-order valence-electron chi connectivity index (χ3n) is 3.96. The molecular weight excluding hydrogens is 346 g/mol. The number of hydrogen-bond acceptors (Lipinski definition) is 5. The minimum Gasteiger partial charge on any atom is -0.484 e. The minimum atomic E-state index is -0.458. The summed E-state index contributed by atoms with van der Waals surface area (Å²) in [6.07, 6.45) is 0. The summed E-state index contributed by atoms with van der Waals surface area (Å²) in [6, 6.07) is 10.8. The number of aryl methyl sites for hydroxylation is 3. The third-order valence-corrected chi connectivity index (χ3v) is 3.96. The Morgan fingerprint density at radius 3 is 2.52 bits per heavy atom. The number of hydrazine groups is 1. The molecule has 0 radical (unpaired) electrons. The molecule has 2 amide bonds. The zero-order valence-corrected chi connectivity index (χ0v) is 15.4. The second-order valence-corrected chi connectivity index (χ2v) is 6.22. The average Bonchev–Trinajstić information content (AvgIpc) is 3.06. The Bertz CT molecular complexity index is 976. The van der Waals surface area contributed by atoms with E-state index in [1.54, 1.807) is 22.9 Å². The van der Waals surface area contributed by atoms with Gasteiger partial charge in [0.1, 0.15) is 11.3 Å². The van der Waals surface area contributed by atoms with Gasteiger partial charge >= 0.3 is 0 Å². The van der Waals surface area contributed by atoms with Crippen molar-refractivity contribution in [1.29, 1.82) is 0 Å². The van der Waals surface area contributed by atoms with Crippen molar-refractivity contribution < 1.29 is 14.3 Å². The first-order chi connectivity index (χ1) is 13.0. The fourth-order valence-electron chi connectivity index (χ4n) is 2.75. The van der Waals surface area contributed by atoms with Gasteiger partial charge in [0, 0.05) is 12.1 Å². The molecule has 0 aliphatic heterocycles. The van der Waals surface area contributed by atoms with E-state index in [4.69, 9.17) is 4.74 Å². The topological polar surface area (TPSA) is 98.1 Å². The molecule has 0 bridgehead atoms. The van der Waals surface area contributed by atoms with Crippen molar-refractivity contribution in [2.75, 3.05) is 6.61 Å². The van der Waals surface area contributed by atoms with Gasteiger partial charge in [-0.2, -0.15) is 0 Å². The Balaban J connectivity index is 1.54. The van der Waals surface area contributed by atoms with Crippen LogP contribution in [0.25, 0.3) is 11.0 Å². The predicted octanol–water partition coefficient (Wildman–Crippen LogP) is 1.91. The molecule has 0 saturated carbocycles. The molecule has 0 aliphatic rings. The average molecular weight is 367 g/mol. The summed E-state index contributed by atoms with van der Waals surface area (Å²) in [7, 11) is 0. The van der Waals surface area contributed by atoms with Gasteiger partial charge in [0.2, 0.25) is 0 Å². The van der Waals surface area contributed by atoms with Crippen LogP contribution in [0, 0.1) is 13.8 Å². The molecule has 3 rings (SSSR count). The maximum atomic E-state index is 12.2. The quantitative estimate of drug-likeness (QED) is 0.671. The van der Waals surface area contributed by atoms with Crippen LogP contribution in [0.2, 0.25) is 0 Å². The van der Waals surface area contributed by atoms with Crippen molar-refractivity contribution in [2.45, 2.75) is 27.3 Å². The molecule has 0 spiro atoms. The summed E-state index contributed by atoms with van der Waals surface area (Å²) < 4.78 is 7.20. The number of nitrogens with zero attached hydrogens (tertiary/aromatic N) is 3. The first-order valence-corrected chi connectivity index (χ1v) is 8.60. The van der Waals surface area contributed by atoms with Crippen LogP contribution in [-0.4, -0.2) is 33.4 Å². The Hall–Kier alpha value is -3.42. The van der Waals surface area contributed by atoms with Gasteiger partial charge in [0.15, 0.2) is 6.61 Å². The van der Waals surface area contributed by atoms with E-state index >= 15 is 0 Å². The number of carbonyl (C=O) groups is 2. The van der Waals surface area contributed by atoms with E-state index in [2.05, 4.69) is 21.2 Å². The first kappa shape index (κ1) is 18.4. The van der Waals surface area contributed by atoms with Gasteiger partial charge in [0.25, 0.3) is 11.8 Å². The van der Waals surface area contributed by atoms with E-state index in [1.165, 1.54) is 0 Å². The Morgan fingerprint density at radius 2 is 1.81 bits per heavy atom. The van der Waals surface area contributed by atoms with Gasteiger partial charge in [-0.1, -0.05) is 11.3 Å². The van der Waals surface area contributed by atoms with Crippen molar-refractivity contribution in [2.24, 2.45) is 0 Å². The second-order valence-electron chi connectivity index (χ2n) is 6.22. The van der Waals surface area contributed by atoms with Crippen LogP contribution < -0.4 is 15.6 Å². The molecule has 0 aliphatic carbocycles. The summed E-state index contributed by atoms with van der Waals surface area (Å²) in [4.78, 5) is 24.1. The molecule has 1 heterocycles. The van der Waals surface area contributed by atoms with Crippen LogP contribution in [0.3, 0.4) is 0 Å². The second kappa shape index (κ2) is 7.86. The lowest BCUT2D eigenvalue weighted by Crippen LogP contribution is -2.43. The number of ether oxygens (including phenoxy) is 1. The summed E-state index contributed by atoms with van der Waals surface area (Å²) in [6.45, 7) is 6.36. The number of rotatable bonds is 5. The van der Waals surface area contributed by atoms with E-state index in [9.17, 15) is 9.59 Å². The molecule has 8 nitrogen and oxygen atoms in total. The third kappa shape index (κ3) is 4.41. The van der Waals surface area contributed by atoms with Gasteiger partial charge in [-0.3, -0.25) is 20.4 Å². The molecule has 0 atom stereocenters. The highest BCUT2D eigenvalue weighted by Crippen LogP contribution is 2.16. The zero-order valence-electron chi connectivity index (χ0n) is 15.4. The van der Waals surface area contributed by atoms with Crippen LogP contribution in [0.4, 0.5) is 0 Å². The summed E-state index contributed by atoms with van der Waals surface area (Å²) in [5, 5.41) is 8.03. The smallest absolute Gasteiger partial charge is 0.276 e. The number of fused-ring (bicyclic) bond motifs is 1. The molecule has 0 unspecified atom stereocenters. The number of hydrogen-bond donors (Lipinski definition) is 2. The SMILES string of the molecule is CCn1nnc2cc(C(=O)NNC(=O)COc3cc(C)cc(C)c3)ccc21. The van der Waals surface area contributed by atoms with Crippen molar-refractivity contribution in [3.63, 3.8) is 0 Å². The lowest BCUT2D eigenvalue weighted by molar-refractivity contribution is -0.123. The maximum absolute atomic E-state index is 12.2. The molecule has 140 valence electrons. The van der Waals surface area contributed by atoms with Crippen molar-refractivity contribution in [1.82, 2.24) is 25.8 Å². The molecular formula is C19H21N5O3. The molecule has 0 fully saturated rings. The van der Waals surface area contributed by atoms with Gasteiger partial charge in [0.05, 0.1) is 5.52 Å². The Kier molecular flexibility index (Phi) is 5.35. The van der Waals surface area contributed by atoms with Gasteiger partial charge in [-0.05, 0) is 62.2 Å². The fourth-order valence-corrected chi connectivity index (χ4v) is 2.75. The maximum Gasteiger partial charge on any atom is 0.276 e. The number of aromatic nitrogens is 3. The van der Waals surface area contributed by atoms with Crippen LogP contribution in [0.1, 0.15) is 28.4 Å². The van der Waals surface area contributed by atoms with Crippen molar-refractivity contribution in [3.8, 4) is 5.75 Å². The normalized spacial score (nSPS) is 10.6. The fraction of sp³-hybridized carbons (Fsp3) is 0.263. The van der Waals surface area contributed by atoms with Gasteiger partial charge in [-0.25, -0.2) is 4.68 Å². The number of amides is 2. The van der Waals surface area contributed by atoms with E-state index in [-0.39, 0.29) is 6.61 Å². The van der Waals surface area contributed by atoms with Crippen molar-refractivity contribution >= 4 is 22.8 Å². The summed E-state index contributed by atoms with van der Waals surface area (Å²) in [5.41, 5.74) is 8.65. The first-order valence-electron chi connectivity index (χ1n) is 8.60. The summed E-state index contributed by atoms with van der Waals surface area (Å²) >= 11 is 0. The number of nitrogens with one attached hydrogen (secondary N) is 2. The molecule has 8 heteroatoms. The van der Waals surface area contributed by atoms with Crippen LogP contribution in [0.5, 0.6) is 5.75 Å². The highest BCUT2D eigenvalue weighted by Gasteiger charge is 2.11. The highest BCUT2D eigenvalue weighted by atomic mass is 16.5. The minimum absolute atomic E-state index is 0.201. The van der Waals surface area contributed by atoms with E-state index in [0.717, 1.165) is 16.6 Å². The van der Waals surface area contributed by atoms with E-state index in [1.807, 2.05) is 39.0 Å². The molecule has 3 aromatic rings. The van der Waals surface area contributed by atoms with Crippen LogP contribution in [-0.2, 0) is 11.3 Å². The van der Waals surface area contributed by atoms with E-state index in [0.29, 0.717) is 23.4 Å². The molecule has 0 saturated heterocycles. The monoisotopic (exact) mass is 367 g/mol. The Morgan fingerprint density at radius 1 is 1.07 bits per heavy atom. The highest BCUT2D eigenvalue weighted by molar-refractivity contribution is 5.98. The predicted molar refractivity (Wildman–Crippen MR) is 100 cm³/mol. The zero-order chi connectivity index (χ0) is 19.4. The number of carbonyl (C=O) groups excluding carboxylic acids is 2. The van der Waals surface area contributed by atoms with Crippen LogP contribution >= 0.6 is 0 Å². The number of benzene rings is 2. The van der Waals surface area contributed by atoms with Crippen molar-refractivity contribution in [3.05, 3.63) is 53.1 Å². The molecule has 1 aromatic heterocycles. The lowest BCUT2D eigenvalue weighted by Gasteiger charge is -2.10. The van der Waals surface area contributed by atoms with Gasteiger partial charge < -0.3 is 4.74 Å². The standard InChI is InChI=1S/C19H21N5O3/c1-4-24-17-6-5-14(10-16(17)20-23-24)19(26)22-21-18(25)11-27-15-8-12(2)7-13(3)9-15/h5-10H,4,11H2,1-3H3,(H,21,25)(H,22,26). The Labute approximate surface area is 156 Å². The van der Waals surface area contributed by atoms with E-state index < -0.39 is 11.8 Å². The largest absolute Gasteiger partial charge is 0.484 e. The lowest BCUT2D eigenvalue weighted by atomic mass is 10.1.